The van der Waals surface area contributed by atoms with Crippen molar-refractivity contribution in [1.82, 2.24) is 14.8 Å². The Hall–Kier alpha value is -4.56. The van der Waals surface area contributed by atoms with Gasteiger partial charge in [0, 0.05) is 30.9 Å². The first kappa shape index (κ1) is 36.2. The summed E-state index contributed by atoms with van der Waals surface area (Å²) in [6.45, 7) is 10.9. The Morgan fingerprint density at radius 2 is 1.88 bits per heavy atom. The molecule has 1 spiro atoms. The first-order valence-corrected chi connectivity index (χ1v) is 20.0. The molecule has 3 atom stereocenters. The predicted molar refractivity (Wildman–Crippen MR) is 188 cm³/mol. The number of methoxy groups -OCH3 is 1. The van der Waals surface area contributed by atoms with Crippen LogP contribution in [0.2, 0.25) is 18.1 Å². The van der Waals surface area contributed by atoms with Gasteiger partial charge in [-0.1, -0.05) is 62.3 Å². The number of carbonyl (C=O) groups excluding carboxylic acids is 2. The standard InChI is InChI=1S/C37H44F2N4O7Si/c1-36(2,3)51(5,6)49-22-26-14-15-37(17-30(47-4)41-50-37)29-20-42(26)35(46)31-33(48-21-23-10-8-7-9-11-23)32(44)27(19-43(29)31)34(45)40-18-24-12-13-25(38)16-28(24)39/h7-13,16,19,26,29H,14-15,17-18,20-22H2,1-6H3,(H,40,45)/t26-,29-,37+/m1/s1. The van der Waals surface area contributed by atoms with Crippen molar-refractivity contribution in [3.8, 4) is 5.75 Å². The maximum Gasteiger partial charge on any atom is 0.274 e. The highest BCUT2D eigenvalue weighted by atomic mass is 28.4. The van der Waals surface area contributed by atoms with E-state index in [0.29, 0.717) is 31.8 Å². The zero-order chi connectivity index (χ0) is 36.7. The molecule has 272 valence electrons. The molecule has 2 amide bonds. The SMILES string of the molecule is COC1=NO[C@@]2(CC[C@H](CO[Si](C)(C)C(C)(C)C)N3C[C@H]2n2cc(C(=O)NCc4ccc(F)cc4F)c(=O)c(OCc4ccccc4)c2C3=O)C1. The van der Waals surface area contributed by atoms with E-state index in [-0.39, 0.29) is 53.3 Å². The van der Waals surface area contributed by atoms with Crippen LogP contribution in [0.15, 0.2) is 64.7 Å². The summed E-state index contributed by atoms with van der Waals surface area (Å²) < 4.78 is 47.9. The van der Waals surface area contributed by atoms with Crippen molar-refractivity contribution < 1.29 is 37.1 Å². The van der Waals surface area contributed by atoms with E-state index in [4.69, 9.17) is 18.7 Å². The van der Waals surface area contributed by atoms with E-state index in [2.05, 4.69) is 44.3 Å². The molecule has 3 aliphatic rings. The molecule has 6 rings (SSSR count). The molecule has 0 aliphatic carbocycles. The van der Waals surface area contributed by atoms with Gasteiger partial charge in [-0.25, -0.2) is 8.78 Å². The van der Waals surface area contributed by atoms with Crippen molar-refractivity contribution in [3.63, 3.8) is 0 Å². The Kier molecular flexibility index (Phi) is 9.85. The summed E-state index contributed by atoms with van der Waals surface area (Å²) >= 11 is 0. The smallest absolute Gasteiger partial charge is 0.274 e. The number of amides is 2. The largest absolute Gasteiger partial charge is 0.483 e. The third kappa shape index (κ3) is 7.03. The molecule has 2 bridgehead atoms. The van der Waals surface area contributed by atoms with Crippen molar-refractivity contribution in [2.75, 3.05) is 20.3 Å². The minimum absolute atomic E-state index is 0.0126. The highest BCUT2D eigenvalue weighted by Crippen LogP contribution is 2.47. The van der Waals surface area contributed by atoms with Gasteiger partial charge < -0.3 is 33.5 Å². The summed E-state index contributed by atoms with van der Waals surface area (Å²) in [7, 11) is -0.693. The molecular formula is C37H44F2N4O7Si. The first-order valence-electron chi connectivity index (χ1n) is 17.1. The van der Waals surface area contributed by atoms with Gasteiger partial charge in [-0.05, 0) is 42.6 Å². The lowest BCUT2D eigenvalue weighted by Gasteiger charge is -2.43. The number of fused-ring (bicyclic) bond motifs is 5. The Morgan fingerprint density at radius 3 is 2.55 bits per heavy atom. The van der Waals surface area contributed by atoms with E-state index in [1.807, 2.05) is 30.3 Å². The Balaban J connectivity index is 1.44. The number of ether oxygens (including phenoxy) is 2. The molecule has 3 aliphatic heterocycles. The monoisotopic (exact) mass is 722 g/mol. The molecule has 14 heteroatoms. The molecule has 0 unspecified atom stereocenters. The van der Waals surface area contributed by atoms with Gasteiger partial charge in [0.2, 0.25) is 11.3 Å². The Labute approximate surface area is 296 Å². The van der Waals surface area contributed by atoms with E-state index < -0.39 is 48.8 Å². The zero-order valence-corrected chi connectivity index (χ0v) is 30.8. The fraction of sp³-hybridized carbons (Fsp3) is 0.459. The van der Waals surface area contributed by atoms with Gasteiger partial charge in [0.05, 0.1) is 32.2 Å². The van der Waals surface area contributed by atoms with Crippen LogP contribution in [0.4, 0.5) is 8.78 Å². The maximum absolute atomic E-state index is 14.7. The third-order valence-corrected chi connectivity index (χ3v) is 15.2. The van der Waals surface area contributed by atoms with Crippen LogP contribution < -0.4 is 15.5 Å². The van der Waals surface area contributed by atoms with Crippen LogP contribution in [0.1, 0.15) is 78.0 Å². The highest BCUT2D eigenvalue weighted by Gasteiger charge is 2.55. The molecule has 1 saturated heterocycles. The number of aromatic nitrogens is 1. The minimum atomic E-state index is -2.20. The topological polar surface area (TPSA) is 121 Å². The third-order valence-electron chi connectivity index (χ3n) is 10.7. The lowest BCUT2D eigenvalue weighted by molar-refractivity contribution is -0.0656. The minimum Gasteiger partial charge on any atom is -0.483 e. The number of benzene rings is 2. The van der Waals surface area contributed by atoms with E-state index >= 15 is 0 Å². The molecule has 4 heterocycles. The number of oxime groups is 1. The molecule has 3 aromatic rings. The van der Waals surface area contributed by atoms with Gasteiger partial charge in [0.15, 0.2) is 25.4 Å². The van der Waals surface area contributed by atoms with Crippen molar-refractivity contribution >= 4 is 26.0 Å². The van der Waals surface area contributed by atoms with Gasteiger partial charge in [-0.3, -0.25) is 14.4 Å². The van der Waals surface area contributed by atoms with Gasteiger partial charge in [0.1, 0.15) is 23.8 Å². The lowest BCUT2D eigenvalue weighted by atomic mass is 9.85. The summed E-state index contributed by atoms with van der Waals surface area (Å²) in [5.41, 5.74) is -1.33. The van der Waals surface area contributed by atoms with Gasteiger partial charge >= 0.3 is 0 Å². The maximum atomic E-state index is 14.7. The molecule has 1 fully saturated rings. The van der Waals surface area contributed by atoms with Crippen molar-refractivity contribution in [3.05, 3.63) is 99.0 Å². The molecule has 2 aromatic carbocycles. The van der Waals surface area contributed by atoms with Crippen LogP contribution in [0, 0.1) is 11.6 Å². The Morgan fingerprint density at radius 1 is 1.14 bits per heavy atom. The quantitative estimate of drug-likeness (QED) is 0.272. The number of halogens is 2. The van der Waals surface area contributed by atoms with E-state index in [1.165, 1.54) is 19.4 Å². The van der Waals surface area contributed by atoms with Gasteiger partial charge in [0.25, 0.3) is 11.8 Å². The second-order valence-electron chi connectivity index (χ2n) is 14.9. The zero-order valence-electron chi connectivity index (χ0n) is 29.8. The van der Waals surface area contributed by atoms with Crippen LogP contribution in [0.25, 0.3) is 0 Å². The van der Waals surface area contributed by atoms with E-state index in [0.717, 1.165) is 17.7 Å². The number of hydrogen-bond donors (Lipinski definition) is 1. The molecule has 1 aromatic heterocycles. The van der Waals surface area contributed by atoms with Crippen LogP contribution in [0.5, 0.6) is 5.75 Å². The molecule has 0 saturated carbocycles. The van der Waals surface area contributed by atoms with E-state index in [1.54, 1.807) is 9.47 Å². The molecule has 51 heavy (non-hydrogen) atoms. The van der Waals surface area contributed by atoms with Crippen molar-refractivity contribution in [2.24, 2.45) is 5.16 Å². The average molecular weight is 723 g/mol. The van der Waals surface area contributed by atoms with Crippen LogP contribution in [0.3, 0.4) is 0 Å². The molecule has 1 N–H and O–H groups in total. The van der Waals surface area contributed by atoms with Crippen molar-refractivity contribution in [2.45, 2.75) is 89.0 Å². The van der Waals surface area contributed by atoms with Crippen LogP contribution in [-0.2, 0) is 27.2 Å². The van der Waals surface area contributed by atoms with Gasteiger partial charge in [-0.2, -0.15) is 0 Å². The molecule has 0 radical (unpaired) electrons. The number of carbonyl (C=O) groups is 2. The number of rotatable bonds is 9. The number of hydrogen-bond acceptors (Lipinski definition) is 8. The van der Waals surface area contributed by atoms with Crippen LogP contribution in [-0.4, -0.2) is 67.4 Å². The number of nitrogens with one attached hydrogen (secondary N) is 1. The second kappa shape index (κ2) is 13.9. The summed E-state index contributed by atoms with van der Waals surface area (Å²) in [4.78, 5) is 50.6. The first-order chi connectivity index (χ1) is 24.1. The summed E-state index contributed by atoms with van der Waals surface area (Å²) in [6, 6.07) is 11.2. The highest BCUT2D eigenvalue weighted by molar-refractivity contribution is 6.74. The normalized spacial score (nSPS) is 21.5. The van der Waals surface area contributed by atoms with Crippen LogP contribution >= 0.6 is 0 Å². The summed E-state index contributed by atoms with van der Waals surface area (Å²) in [5, 5.41) is 6.75. The fourth-order valence-corrected chi connectivity index (χ4v) is 7.61. The number of nitrogens with zero attached hydrogens (tertiary/aromatic N) is 3. The fourth-order valence-electron chi connectivity index (χ4n) is 6.56. The predicted octanol–water partition coefficient (Wildman–Crippen LogP) is 5.94. The average Bonchev–Trinajstić information content (AvgIpc) is 3.46. The lowest BCUT2D eigenvalue weighted by Crippen LogP contribution is -2.54. The summed E-state index contributed by atoms with van der Waals surface area (Å²) in [6.07, 6.45) is 2.65. The van der Waals surface area contributed by atoms with Gasteiger partial charge in [-0.15, -0.1) is 0 Å². The second-order valence-corrected chi connectivity index (χ2v) is 19.7. The number of pyridine rings is 1. The Bertz CT molecular complexity index is 1910. The summed E-state index contributed by atoms with van der Waals surface area (Å²) in [5.74, 6) is -2.74. The molecule has 11 nitrogen and oxygen atoms in total. The molecular weight excluding hydrogens is 679 g/mol. The van der Waals surface area contributed by atoms with E-state index in [9.17, 15) is 23.2 Å². The van der Waals surface area contributed by atoms with Crippen molar-refractivity contribution in [1.29, 1.82) is 0 Å².